The van der Waals surface area contributed by atoms with Crippen molar-refractivity contribution < 1.29 is 27.1 Å². The molecule has 1 amide bonds. The number of halogens is 4. The molecule has 1 aromatic heterocycles. The van der Waals surface area contributed by atoms with Crippen molar-refractivity contribution in [1.82, 2.24) is 4.98 Å². The number of ether oxygens (including phenoxy) is 1. The number of hydrogen-bond donors (Lipinski definition) is 1. The Hall–Kier alpha value is -2.84. The van der Waals surface area contributed by atoms with E-state index in [4.69, 9.17) is 4.74 Å². The van der Waals surface area contributed by atoms with Crippen LogP contribution in [0.25, 0.3) is 0 Å². The largest absolute Gasteiger partial charge is 0.489 e. The molecule has 5 nitrogen and oxygen atoms in total. The zero-order chi connectivity index (χ0) is 18.9. The van der Waals surface area contributed by atoms with Crippen LogP contribution in [-0.2, 0) is 11.0 Å². The Kier molecular flexibility index (Phi) is 4.71. The molecule has 3 rings (SSSR count). The van der Waals surface area contributed by atoms with E-state index < -0.39 is 23.5 Å². The molecule has 2 aromatic rings. The standard InChI is InChI=1S/C17H15F4N3O2/c1-10-6-11(17(19,20)21)7-15(23-10)22-9-16(25)24-4-5-26-14-8-12(18)2-3-13(14)24/h2-3,6-8H,4-5,9H2,1H3,(H,22,23). The van der Waals surface area contributed by atoms with Gasteiger partial charge in [0.15, 0.2) is 0 Å². The molecular weight excluding hydrogens is 354 g/mol. The van der Waals surface area contributed by atoms with E-state index in [1.807, 2.05) is 0 Å². The molecule has 9 heteroatoms. The Morgan fingerprint density at radius 1 is 1.31 bits per heavy atom. The van der Waals surface area contributed by atoms with Crippen LogP contribution in [0.4, 0.5) is 29.1 Å². The maximum atomic E-state index is 13.3. The van der Waals surface area contributed by atoms with Crippen LogP contribution < -0.4 is 15.0 Å². The van der Waals surface area contributed by atoms with Crippen LogP contribution in [-0.4, -0.2) is 30.6 Å². The number of benzene rings is 1. The first-order valence-corrected chi connectivity index (χ1v) is 7.76. The topological polar surface area (TPSA) is 54.5 Å². The molecule has 1 aliphatic rings. The number of nitrogens with one attached hydrogen (secondary N) is 1. The first-order chi connectivity index (χ1) is 12.2. The average molecular weight is 369 g/mol. The predicted octanol–water partition coefficient (Wildman–Crippen LogP) is 3.39. The van der Waals surface area contributed by atoms with Crippen molar-refractivity contribution in [1.29, 1.82) is 0 Å². The molecule has 0 fully saturated rings. The lowest BCUT2D eigenvalue weighted by Crippen LogP contribution is -2.41. The Balaban J connectivity index is 1.74. The summed E-state index contributed by atoms with van der Waals surface area (Å²) < 4.78 is 57.2. The van der Waals surface area contributed by atoms with Gasteiger partial charge in [0.25, 0.3) is 0 Å². The minimum Gasteiger partial charge on any atom is -0.489 e. The van der Waals surface area contributed by atoms with Gasteiger partial charge >= 0.3 is 6.18 Å². The number of aromatic nitrogens is 1. The van der Waals surface area contributed by atoms with Crippen LogP contribution in [0.1, 0.15) is 11.3 Å². The monoisotopic (exact) mass is 369 g/mol. The van der Waals surface area contributed by atoms with E-state index in [1.165, 1.54) is 30.0 Å². The molecule has 1 N–H and O–H groups in total. The summed E-state index contributed by atoms with van der Waals surface area (Å²) in [6.45, 7) is 1.64. The first-order valence-electron chi connectivity index (χ1n) is 7.76. The van der Waals surface area contributed by atoms with Crippen molar-refractivity contribution in [2.24, 2.45) is 0 Å². The summed E-state index contributed by atoms with van der Waals surface area (Å²) >= 11 is 0. The van der Waals surface area contributed by atoms with Gasteiger partial charge in [-0.05, 0) is 31.2 Å². The van der Waals surface area contributed by atoms with E-state index >= 15 is 0 Å². The third-order valence-corrected chi connectivity index (χ3v) is 3.79. The minimum absolute atomic E-state index is 0.0433. The first kappa shape index (κ1) is 18.0. The number of alkyl halides is 3. The van der Waals surface area contributed by atoms with E-state index in [1.54, 1.807) is 0 Å². The van der Waals surface area contributed by atoms with Crippen LogP contribution in [0.2, 0.25) is 0 Å². The normalized spacial score (nSPS) is 13.8. The van der Waals surface area contributed by atoms with Gasteiger partial charge in [0.2, 0.25) is 5.91 Å². The number of rotatable bonds is 3. The van der Waals surface area contributed by atoms with Crippen molar-refractivity contribution in [2.45, 2.75) is 13.1 Å². The number of carbonyl (C=O) groups is 1. The van der Waals surface area contributed by atoms with Crippen molar-refractivity contribution in [3.63, 3.8) is 0 Å². The van der Waals surface area contributed by atoms with Gasteiger partial charge < -0.3 is 15.0 Å². The van der Waals surface area contributed by atoms with Crippen LogP contribution >= 0.6 is 0 Å². The summed E-state index contributed by atoms with van der Waals surface area (Å²) in [5, 5.41) is 2.62. The van der Waals surface area contributed by atoms with E-state index in [0.717, 1.165) is 12.1 Å². The highest BCUT2D eigenvalue weighted by atomic mass is 19.4. The predicted molar refractivity (Wildman–Crippen MR) is 86.7 cm³/mol. The number of nitrogens with zero attached hydrogens (tertiary/aromatic N) is 2. The Bertz CT molecular complexity index is 839. The summed E-state index contributed by atoms with van der Waals surface area (Å²) in [6.07, 6.45) is -4.50. The fourth-order valence-corrected chi connectivity index (χ4v) is 2.64. The summed E-state index contributed by atoms with van der Waals surface area (Å²) in [5.74, 6) is -0.672. The van der Waals surface area contributed by atoms with Gasteiger partial charge in [-0.1, -0.05) is 0 Å². The zero-order valence-electron chi connectivity index (χ0n) is 13.7. The lowest BCUT2D eigenvalue weighted by molar-refractivity contribution is -0.137. The van der Waals surface area contributed by atoms with E-state index in [9.17, 15) is 22.4 Å². The minimum atomic E-state index is -4.50. The second kappa shape index (κ2) is 6.81. The second-order valence-electron chi connectivity index (χ2n) is 5.74. The van der Waals surface area contributed by atoms with Gasteiger partial charge in [0, 0.05) is 11.8 Å². The van der Waals surface area contributed by atoms with Crippen molar-refractivity contribution in [3.05, 3.63) is 47.4 Å². The van der Waals surface area contributed by atoms with E-state index in [0.29, 0.717) is 5.69 Å². The lowest BCUT2D eigenvalue weighted by Gasteiger charge is -2.29. The molecule has 0 saturated heterocycles. The highest BCUT2D eigenvalue weighted by Crippen LogP contribution is 2.33. The summed E-state index contributed by atoms with van der Waals surface area (Å²) in [7, 11) is 0. The highest BCUT2D eigenvalue weighted by molar-refractivity contribution is 5.97. The molecule has 26 heavy (non-hydrogen) atoms. The molecule has 0 atom stereocenters. The Morgan fingerprint density at radius 2 is 2.08 bits per heavy atom. The fourth-order valence-electron chi connectivity index (χ4n) is 2.64. The van der Waals surface area contributed by atoms with Gasteiger partial charge in [-0.3, -0.25) is 4.79 Å². The molecule has 138 valence electrons. The molecule has 0 saturated carbocycles. The molecule has 0 radical (unpaired) electrons. The molecule has 2 heterocycles. The zero-order valence-corrected chi connectivity index (χ0v) is 13.7. The molecule has 0 spiro atoms. The number of pyridine rings is 1. The SMILES string of the molecule is Cc1cc(C(F)(F)F)cc(NCC(=O)N2CCOc3cc(F)ccc32)n1. The van der Waals surface area contributed by atoms with Crippen LogP contribution in [0.3, 0.4) is 0 Å². The van der Waals surface area contributed by atoms with E-state index in [2.05, 4.69) is 10.3 Å². The Labute approximate surface area is 146 Å². The van der Waals surface area contributed by atoms with Gasteiger partial charge in [-0.25, -0.2) is 9.37 Å². The number of anilines is 2. The van der Waals surface area contributed by atoms with Crippen molar-refractivity contribution in [2.75, 3.05) is 29.9 Å². The number of carbonyl (C=O) groups excluding carboxylic acids is 1. The van der Waals surface area contributed by atoms with Gasteiger partial charge in [0.1, 0.15) is 24.0 Å². The molecule has 0 aliphatic carbocycles. The number of fused-ring (bicyclic) bond motifs is 1. The van der Waals surface area contributed by atoms with E-state index in [-0.39, 0.29) is 37.0 Å². The van der Waals surface area contributed by atoms with Gasteiger partial charge in [-0.15, -0.1) is 0 Å². The second-order valence-corrected chi connectivity index (χ2v) is 5.74. The number of aryl methyl sites for hydroxylation is 1. The third kappa shape index (κ3) is 3.87. The molecular formula is C17H15F4N3O2. The van der Waals surface area contributed by atoms with Crippen molar-refractivity contribution in [3.8, 4) is 5.75 Å². The fraction of sp³-hybridized carbons (Fsp3) is 0.294. The molecule has 1 aliphatic heterocycles. The summed E-state index contributed by atoms with van der Waals surface area (Å²) in [5.41, 5.74) is -0.244. The van der Waals surface area contributed by atoms with Gasteiger partial charge in [0.05, 0.1) is 24.3 Å². The lowest BCUT2D eigenvalue weighted by atomic mass is 10.2. The maximum Gasteiger partial charge on any atom is 0.416 e. The third-order valence-electron chi connectivity index (χ3n) is 3.79. The average Bonchev–Trinajstić information content (AvgIpc) is 2.57. The van der Waals surface area contributed by atoms with Crippen LogP contribution in [0, 0.1) is 12.7 Å². The smallest absolute Gasteiger partial charge is 0.416 e. The number of amides is 1. The van der Waals surface area contributed by atoms with Gasteiger partial charge in [-0.2, -0.15) is 13.2 Å². The molecule has 0 unspecified atom stereocenters. The quantitative estimate of drug-likeness (QED) is 0.843. The Morgan fingerprint density at radius 3 is 2.81 bits per heavy atom. The summed E-state index contributed by atoms with van der Waals surface area (Å²) in [4.78, 5) is 17.8. The number of hydrogen-bond acceptors (Lipinski definition) is 4. The van der Waals surface area contributed by atoms with Crippen molar-refractivity contribution >= 4 is 17.4 Å². The molecule has 1 aromatic carbocycles. The highest BCUT2D eigenvalue weighted by Gasteiger charge is 2.31. The molecule has 0 bridgehead atoms. The summed E-state index contributed by atoms with van der Waals surface area (Å²) in [6, 6.07) is 5.59. The maximum absolute atomic E-state index is 13.3. The van der Waals surface area contributed by atoms with Crippen LogP contribution in [0.15, 0.2) is 30.3 Å². The van der Waals surface area contributed by atoms with Crippen LogP contribution in [0.5, 0.6) is 5.75 Å².